The monoisotopic (exact) mass is 330 g/mol. The van der Waals surface area contributed by atoms with E-state index in [0.717, 1.165) is 5.75 Å². The lowest BCUT2D eigenvalue weighted by molar-refractivity contribution is -0.142. The minimum Gasteiger partial charge on any atom is -0.480 e. The minimum atomic E-state index is -1.03. The van der Waals surface area contributed by atoms with Gasteiger partial charge >= 0.3 is 5.97 Å². The van der Waals surface area contributed by atoms with Gasteiger partial charge in [-0.2, -0.15) is 11.8 Å². The molecule has 0 aromatic rings. The van der Waals surface area contributed by atoms with Crippen LogP contribution < -0.4 is 5.32 Å². The van der Waals surface area contributed by atoms with Crippen LogP contribution in [0.3, 0.4) is 0 Å². The predicted molar refractivity (Wildman–Crippen MR) is 86.8 cm³/mol. The molecule has 0 bridgehead atoms. The van der Waals surface area contributed by atoms with Gasteiger partial charge in [0.05, 0.1) is 5.92 Å². The van der Waals surface area contributed by atoms with E-state index in [1.54, 1.807) is 16.7 Å². The lowest BCUT2D eigenvalue weighted by Gasteiger charge is -2.32. The van der Waals surface area contributed by atoms with Gasteiger partial charge in [-0.05, 0) is 38.7 Å². The molecule has 0 aromatic heterocycles. The van der Waals surface area contributed by atoms with E-state index in [4.69, 9.17) is 0 Å². The van der Waals surface area contributed by atoms with Gasteiger partial charge in [0, 0.05) is 18.5 Å². The molecule has 0 aliphatic carbocycles. The molecule has 1 fully saturated rings. The molecule has 22 heavy (non-hydrogen) atoms. The molecule has 1 aliphatic rings. The summed E-state index contributed by atoms with van der Waals surface area (Å²) in [5.41, 5.74) is -0.323. The Bertz CT molecular complexity index is 434. The zero-order valence-electron chi connectivity index (χ0n) is 13.7. The van der Waals surface area contributed by atoms with Gasteiger partial charge in [-0.3, -0.25) is 9.59 Å². The van der Waals surface area contributed by atoms with Crippen LogP contribution in [0, 0.1) is 5.92 Å². The molecule has 0 spiro atoms. The third-order valence-electron chi connectivity index (χ3n) is 3.68. The van der Waals surface area contributed by atoms with Crippen molar-refractivity contribution in [3.63, 3.8) is 0 Å². The SMILES string of the molecule is CCSCCC(NC(=O)C1CC(=O)N(C(C)(C)C)C1)C(=O)O. The number of carboxylic acids is 1. The Morgan fingerprint density at radius 1 is 1.45 bits per heavy atom. The minimum absolute atomic E-state index is 0.0546. The van der Waals surface area contributed by atoms with Gasteiger partial charge < -0.3 is 15.3 Å². The molecule has 1 aliphatic heterocycles. The first-order valence-corrected chi connectivity index (χ1v) is 8.73. The molecule has 0 radical (unpaired) electrons. The van der Waals surface area contributed by atoms with E-state index < -0.39 is 17.9 Å². The first kappa shape index (κ1) is 18.8. The molecular weight excluding hydrogens is 304 g/mol. The van der Waals surface area contributed by atoms with E-state index in [9.17, 15) is 19.5 Å². The van der Waals surface area contributed by atoms with Crippen LogP contribution in [-0.2, 0) is 14.4 Å². The van der Waals surface area contributed by atoms with Crippen molar-refractivity contribution in [1.82, 2.24) is 10.2 Å². The van der Waals surface area contributed by atoms with E-state index in [0.29, 0.717) is 18.7 Å². The molecule has 1 saturated heterocycles. The lowest BCUT2D eigenvalue weighted by Crippen LogP contribution is -2.46. The highest BCUT2D eigenvalue weighted by Gasteiger charge is 2.40. The highest BCUT2D eigenvalue weighted by molar-refractivity contribution is 7.99. The van der Waals surface area contributed by atoms with Crippen molar-refractivity contribution in [2.75, 3.05) is 18.1 Å². The maximum Gasteiger partial charge on any atom is 0.326 e. The fraction of sp³-hybridized carbons (Fsp3) is 0.800. The zero-order chi connectivity index (χ0) is 16.9. The van der Waals surface area contributed by atoms with Gasteiger partial charge in [0.2, 0.25) is 11.8 Å². The van der Waals surface area contributed by atoms with Crippen molar-refractivity contribution < 1.29 is 19.5 Å². The van der Waals surface area contributed by atoms with E-state index in [-0.39, 0.29) is 23.8 Å². The number of hydrogen-bond acceptors (Lipinski definition) is 4. The Morgan fingerprint density at radius 2 is 2.09 bits per heavy atom. The van der Waals surface area contributed by atoms with Gasteiger partial charge in [-0.25, -0.2) is 4.79 Å². The maximum absolute atomic E-state index is 12.3. The number of carbonyl (C=O) groups excluding carboxylic acids is 2. The fourth-order valence-corrected chi connectivity index (χ4v) is 3.11. The molecule has 7 heteroatoms. The Morgan fingerprint density at radius 3 is 2.55 bits per heavy atom. The summed E-state index contributed by atoms with van der Waals surface area (Å²) in [6.45, 7) is 8.13. The van der Waals surface area contributed by atoms with E-state index >= 15 is 0 Å². The van der Waals surface area contributed by atoms with Gasteiger partial charge in [0.1, 0.15) is 6.04 Å². The summed E-state index contributed by atoms with van der Waals surface area (Å²) in [7, 11) is 0. The van der Waals surface area contributed by atoms with Gasteiger partial charge in [0.25, 0.3) is 0 Å². The second kappa shape index (κ2) is 7.85. The second-order valence-corrected chi connectivity index (χ2v) is 7.86. The number of carbonyl (C=O) groups is 3. The van der Waals surface area contributed by atoms with Crippen LogP contribution in [0.1, 0.15) is 40.5 Å². The standard InChI is InChI=1S/C15H26N2O4S/c1-5-22-7-6-11(14(20)21)16-13(19)10-8-12(18)17(9-10)15(2,3)4/h10-11H,5-9H2,1-4H3,(H,16,19)(H,20,21). The molecule has 0 aromatic carbocycles. The molecule has 1 rings (SSSR count). The third-order valence-corrected chi connectivity index (χ3v) is 4.61. The molecule has 1 heterocycles. The predicted octanol–water partition coefficient (Wildman–Crippen LogP) is 1.35. The summed E-state index contributed by atoms with van der Waals surface area (Å²) in [5, 5.41) is 11.8. The summed E-state index contributed by atoms with van der Waals surface area (Å²) >= 11 is 1.64. The van der Waals surface area contributed by atoms with Crippen LogP contribution in [0.5, 0.6) is 0 Å². The molecule has 2 N–H and O–H groups in total. The molecule has 0 saturated carbocycles. The van der Waals surface area contributed by atoms with Crippen LogP contribution >= 0.6 is 11.8 Å². The van der Waals surface area contributed by atoms with Gasteiger partial charge in [-0.15, -0.1) is 0 Å². The average Bonchev–Trinajstić information content (AvgIpc) is 2.79. The van der Waals surface area contributed by atoms with Crippen molar-refractivity contribution in [1.29, 1.82) is 0 Å². The Kier molecular flexibility index (Phi) is 6.71. The number of hydrogen-bond donors (Lipinski definition) is 2. The number of nitrogens with one attached hydrogen (secondary N) is 1. The Balaban J connectivity index is 2.60. The van der Waals surface area contributed by atoms with E-state index in [2.05, 4.69) is 5.32 Å². The fourth-order valence-electron chi connectivity index (χ4n) is 2.42. The first-order chi connectivity index (χ1) is 10.2. The Labute approximate surface area is 136 Å². The lowest BCUT2D eigenvalue weighted by atomic mass is 10.1. The number of thioether (sulfide) groups is 1. The van der Waals surface area contributed by atoms with Gasteiger partial charge in [-0.1, -0.05) is 6.92 Å². The first-order valence-electron chi connectivity index (χ1n) is 7.58. The third kappa shape index (κ3) is 5.19. The van der Waals surface area contributed by atoms with Crippen molar-refractivity contribution in [3.05, 3.63) is 0 Å². The smallest absolute Gasteiger partial charge is 0.326 e. The molecular formula is C15H26N2O4S. The zero-order valence-corrected chi connectivity index (χ0v) is 14.5. The maximum atomic E-state index is 12.3. The molecule has 126 valence electrons. The number of amides is 2. The summed E-state index contributed by atoms with van der Waals surface area (Å²) in [6, 6.07) is -0.884. The van der Waals surface area contributed by atoms with Crippen LogP contribution in [0.25, 0.3) is 0 Å². The van der Waals surface area contributed by atoms with Crippen LogP contribution in [0.15, 0.2) is 0 Å². The molecule has 2 unspecified atom stereocenters. The highest BCUT2D eigenvalue weighted by atomic mass is 32.2. The van der Waals surface area contributed by atoms with Crippen molar-refractivity contribution in [3.8, 4) is 0 Å². The normalized spacial score (nSPS) is 20.1. The Hall–Kier alpha value is -1.24. The van der Waals surface area contributed by atoms with Crippen LogP contribution in [-0.4, -0.2) is 57.4 Å². The summed E-state index contributed by atoms with van der Waals surface area (Å²) in [5.74, 6) is -0.284. The van der Waals surface area contributed by atoms with Crippen molar-refractivity contribution in [2.45, 2.75) is 52.1 Å². The summed E-state index contributed by atoms with van der Waals surface area (Å²) in [4.78, 5) is 37.2. The van der Waals surface area contributed by atoms with Gasteiger partial charge in [0.15, 0.2) is 0 Å². The number of aliphatic carboxylic acids is 1. The number of nitrogens with zero attached hydrogens (tertiary/aromatic N) is 1. The van der Waals surface area contributed by atoms with Crippen LogP contribution in [0.4, 0.5) is 0 Å². The number of likely N-dealkylation sites (tertiary alicyclic amines) is 1. The summed E-state index contributed by atoms with van der Waals surface area (Å²) < 4.78 is 0. The highest BCUT2D eigenvalue weighted by Crippen LogP contribution is 2.26. The number of rotatable bonds is 7. The molecule has 2 amide bonds. The topological polar surface area (TPSA) is 86.7 Å². The summed E-state index contributed by atoms with van der Waals surface area (Å²) in [6.07, 6.45) is 0.544. The molecule has 2 atom stereocenters. The molecule has 6 nitrogen and oxygen atoms in total. The second-order valence-electron chi connectivity index (χ2n) is 6.46. The van der Waals surface area contributed by atoms with Crippen LogP contribution in [0.2, 0.25) is 0 Å². The number of carboxylic acid groups (broad SMARTS) is 1. The van der Waals surface area contributed by atoms with Crippen molar-refractivity contribution >= 4 is 29.5 Å². The van der Waals surface area contributed by atoms with E-state index in [1.165, 1.54) is 0 Å². The quantitative estimate of drug-likeness (QED) is 0.688. The largest absolute Gasteiger partial charge is 0.480 e. The van der Waals surface area contributed by atoms with E-state index in [1.807, 2.05) is 27.7 Å². The van der Waals surface area contributed by atoms with Crippen molar-refractivity contribution in [2.24, 2.45) is 5.92 Å². The average molecular weight is 330 g/mol.